The van der Waals surface area contributed by atoms with E-state index in [9.17, 15) is 28.5 Å². The summed E-state index contributed by atoms with van der Waals surface area (Å²) in [4.78, 5) is 0. The third-order valence-corrected chi connectivity index (χ3v) is 6.22. The Bertz CT molecular complexity index is 1970. The van der Waals surface area contributed by atoms with Gasteiger partial charge in [-0.1, -0.05) is 16.8 Å². The minimum Gasteiger partial charge on any atom is -0.618 e. The molecule has 0 radical (unpaired) electrons. The van der Waals surface area contributed by atoms with Crippen LogP contribution in [-0.2, 0) is 10.9 Å². The van der Waals surface area contributed by atoms with Crippen LogP contribution in [0.2, 0.25) is 5.02 Å². The molecule has 5 rings (SSSR count). The van der Waals surface area contributed by atoms with Crippen molar-refractivity contribution in [2.45, 2.75) is 25.2 Å². The average Bonchev–Trinajstić information content (AvgIpc) is 3.73. The normalized spacial score (nSPS) is 16.3. The summed E-state index contributed by atoms with van der Waals surface area (Å²) in [5, 5.41) is 27.0. The molecular weight excluding hydrogens is 594 g/mol. The van der Waals surface area contributed by atoms with E-state index in [1.54, 1.807) is 0 Å². The lowest BCUT2D eigenvalue weighted by atomic mass is 10.0. The molecule has 4 heterocycles. The van der Waals surface area contributed by atoms with Gasteiger partial charge in [0.15, 0.2) is 17.7 Å². The Labute approximate surface area is 246 Å². The maximum atomic E-state index is 15.5. The first-order valence-electron chi connectivity index (χ1n) is 14.5. The van der Waals surface area contributed by atoms with Crippen molar-refractivity contribution < 1.29 is 44.0 Å². The third kappa shape index (κ3) is 5.54. The Morgan fingerprint density at radius 3 is 2.67 bits per heavy atom. The fourth-order valence-corrected chi connectivity index (χ4v) is 4.22. The van der Waals surface area contributed by atoms with Gasteiger partial charge in [-0.05, 0) is 24.3 Å². The lowest BCUT2D eigenvalue weighted by molar-refractivity contribution is -0.615. The second-order valence-corrected chi connectivity index (χ2v) is 8.82. The van der Waals surface area contributed by atoms with Crippen molar-refractivity contribution in [3.63, 3.8) is 0 Å². The van der Waals surface area contributed by atoms with E-state index in [2.05, 4.69) is 25.2 Å². The smallest absolute Gasteiger partial charge is 0.436 e. The lowest BCUT2D eigenvalue weighted by Gasteiger charge is -2.18. The number of hydrogen-bond acceptors (Lipinski definition) is 6. The fraction of sp³-hybridized carbons (Fsp3) is 0.240. The molecule has 0 amide bonds. The van der Waals surface area contributed by atoms with Crippen molar-refractivity contribution in [2.75, 3.05) is 13.6 Å². The molecule has 4 aromatic heterocycles. The minimum absolute atomic E-state index is 0.00881. The van der Waals surface area contributed by atoms with E-state index in [0.717, 1.165) is 42.9 Å². The van der Waals surface area contributed by atoms with E-state index >= 15 is 4.39 Å². The Morgan fingerprint density at radius 1 is 1.17 bits per heavy atom. The van der Waals surface area contributed by atoms with Crippen LogP contribution in [0.15, 0.2) is 61.3 Å². The van der Waals surface area contributed by atoms with Crippen LogP contribution in [-0.4, -0.2) is 48.2 Å². The van der Waals surface area contributed by atoms with Crippen LogP contribution >= 0.6 is 11.6 Å². The molecule has 5 aromatic rings. The first-order valence-corrected chi connectivity index (χ1v) is 11.9. The number of nitrogens with zero attached hydrogens (tertiary/aromatic N) is 8. The van der Waals surface area contributed by atoms with Crippen LogP contribution < -0.4 is 4.73 Å². The Kier molecular flexibility index (Phi) is 6.05. The highest BCUT2D eigenvalue weighted by atomic mass is 35.5. The molecule has 10 nitrogen and oxygen atoms in total. The summed E-state index contributed by atoms with van der Waals surface area (Å²) >= 11 is 5.94. The molecule has 1 unspecified atom stereocenters. The first kappa shape index (κ1) is 22.2. The molecule has 0 saturated heterocycles. The molecule has 1 atom stereocenters. The standard InChI is InChI=1S/C25H19ClF6N8O2/c1-42-9-7-18(37-11-15(10-34-37)17-6-8-33-40(17)24(28)29)19-4-2-14(12-39(19)41)22-20(5-3-16(26)23(22)27)38-13-21(35-36-38)25(30,31)32/h2-6,8,10-13,18,24H,7,9H2,1H3/i1D3,9D2,18D. The number of methoxy groups -OCH3 is 1. The second kappa shape index (κ2) is 11.4. The number of benzene rings is 1. The van der Waals surface area contributed by atoms with Crippen LogP contribution in [0.5, 0.6) is 0 Å². The average molecular weight is 619 g/mol. The van der Waals surface area contributed by atoms with E-state index in [1.807, 2.05) is 0 Å². The molecule has 17 heteroatoms. The van der Waals surface area contributed by atoms with Gasteiger partial charge in [-0.2, -0.15) is 36.9 Å². The highest BCUT2D eigenvalue weighted by Gasteiger charge is 2.35. The van der Waals surface area contributed by atoms with E-state index in [-0.39, 0.29) is 27.2 Å². The van der Waals surface area contributed by atoms with Crippen molar-refractivity contribution in [1.29, 1.82) is 0 Å². The lowest BCUT2D eigenvalue weighted by Crippen LogP contribution is -2.36. The SMILES string of the molecule is [2H]C([2H])([2H])OC([2H])([2H])CC([2H])(c1ccc(-c2c(-n3cc(C(F)(F)F)nn3)ccc(Cl)c2F)c[n+]1[O-])n1cc(-c2ccnn2C(F)F)cn1. The molecule has 0 spiro atoms. The van der Waals surface area contributed by atoms with E-state index < -0.39 is 66.6 Å². The van der Waals surface area contributed by atoms with Gasteiger partial charge in [0.05, 0.1) is 48.1 Å². The number of alkyl halides is 5. The molecule has 1 aromatic carbocycles. The Hall–Kier alpha value is -4.44. The van der Waals surface area contributed by atoms with Crippen LogP contribution in [0.1, 0.15) is 38.6 Å². The maximum absolute atomic E-state index is 15.5. The molecule has 42 heavy (non-hydrogen) atoms. The zero-order valence-corrected chi connectivity index (χ0v) is 21.4. The number of aromatic nitrogens is 8. The zero-order valence-electron chi connectivity index (χ0n) is 26.6. The van der Waals surface area contributed by atoms with Gasteiger partial charge in [0, 0.05) is 44.0 Å². The van der Waals surface area contributed by atoms with Gasteiger partial charge in [0.1, 0.15) is 6.02 Å². The molecular formula is C25H19ClF6N8O2. The molecule has 0 N–H and O–H groups in total. The molecule has 0 bridgehead atoms. The fourth-order valence-electron chi connectivity index (χ4n) is 4.06. The number of rotatable bonds is 9. The van der Waals surface area contributed by atoms with Gasteiger partial charge in [0.2, 0.25) is 5.69 Å². The van der Waals surface area contributed by atoms with Crippen LogP contribution in [0.3, 0.4) is 0 Å². The quantitative estimate of drug-likeness (QED) is 0.124. The van der Waals surface area contributed by atoms with Crippen molar-refractivity contribution in [3.8, 4) is 28.1 Å². The van der Waals surface area contributed by atoms with Crippen LogP contribution in [0.25, 0.3) is 28.1 Å². The molecule has 0 fully saturated rings. The van der Waals surface area contributed by atoms with Gasteiger partial charge < -0.3 is 9.94 Å². The Balaban J connectivity index is 1.65. The van der Waals surface area contributed by atoms with Crippen LogP contribution in [0, 0.1) is 11.0 Å². The maximum Gasteiger partial charge on any atom is 0.436 e. The minimum atomic E-state index is -4.89. The summed E-state index contributed by atoms with van der Waals surface area (Å²) in [5.74, 6) is -1.17. The Morgan fingerprint density at radius 2 is 1.98 bits per heavy atom. The first-order chi connectivity index (χ1) is 22.2. The number of pyridine rings is 1. The van der Waals surface area contributed by atoms with Crippen molar-refractivity contribution in [2.24, 2.45) is 0 Å². The summed E-state index contributed by atoms with van der Waals surface area (Å²) in [6.07, 6.45) is -1.83. The largest absolute Gasteiger partial charge is 0.618 e. The summed E-state index contributed by atoms with van der Waals surface area (Å²) in [7, 11) is -3.30. The molecule has 0 aliphatic rings. The van der Waals surface area contributed by atoms with Crippen molar-refractivity contribution in [3.05, 3.63) is 88.8 Å². The monoisotopic (exact) mass is 618 g/mol. The van der Waals surface area contributed by atoms with Gasteiger partial charge in [-0.15, -0.1) is 5.10 Å². The number of hydrogen-bond donors (Lipinski definition) is 0. The summed E-state index contributed by atoms with van der Waals surface area (Å²) in [6, 6.07) is 2.65. The third-order valence-electron chi connectivity index (χ3n) is 5.92. The van der Waals surface area contributed by atoms with E-state index in [0.29, 0.717) is 26.4 Å². The van der Waals surface area contributed by atoms with Gasteiger partial charge in [-0.3, -0.25) is 4.68 Å². The predicted octanol–water partition coefficient (Wildman–Crippen LogP) is 5.46. The number of halogens is 7. The highest BCUT2D eigenvalue weighted by molar-refractivity contribution is 6.31. The summed E-state index contributed by atoms with van der Waals surface area (Å²) in [6.45, 7) is -6.21. The van der Waals surface area contributed by atoms with Gasteiger partial charge in [0.25, 0.3) is 0 Å². The van der Waals surface area contributed by atoms with E-state index in [4.69, 9.17) is 18.5 Å². The van der Waals surface area contributed by atoms with Crippen molar-refractivity contribution >= 4 is 11.6 Å². The highest BCUT2D eigenvalue weighted by Crippen LogP contribution is 2.35. The predicted molar refractivity (Wildman–Crippen MR) is 135 cm³/mol. The molecule has 220 valence electrons. The zero-order chi connectivity index (χ0) is 35.4. The molecule has 0 aliphatic carbocycles. The van der Waals surface area contributed by atoms with Crippen LogP contribution in [0.4, 0.5) is 26.3 Å². The summed E-state index contributed by atoms with van der Waals surface area (Å²) in [5.41, 5.74) is -3.39. The second-order valence-electron chi connectivity index (χ2n) is 8.41. The summed E-state index contributed by atoms with van der Waals surface area (Å²) < 4.78 is 136. The van der Waals surface area contributed by atoms with Gasteiger partial charge >= 0.3 is 12.7 Å². The topological polar surface area (TPSA) is 103 Å². The van der Waals surface area contributed by atoms with Crippen molar-refractivity contribution in [1.82, 2.24) is 34.6 Å². The number of ether oxygens (including phenoxy) is 1. The molecule has 0 aliphatic heterocycles. The molecule has 0 saturated carbocycles. The van der Waals surface area contributed by atoms with Gasteiger partial charge in [-0.25, -0.2) is 13.8 Å². The van der Waals surface area contributed by atoms with E-state index in [1.165, 1.54) is 6.07 Å².